The van der Waals surface area contributed by atoms with Crippen LogP contribution in [0.25, 0.3) is 0 Å². The Kier molecular flexibility index (Phi) is 13.6. The number of imide groups is 1. The molecule has 1 saturated carbocycles. The summed E-state index contributed by atoms with van der Waals surface area (Å²) < 4.78 is 0. The van der Waals surface area contributed by atoms with Gasteiger partial charge in [0.25, 0.3) is 17.7 Å². The fourth-order valence-corrected chi connectivity index (χ4v) is 7.90. The van der Waals surface area contributed by atoms with E-state index in [9.17, 15) is 33.6 Å². The van der Waals surface area contributed by atoms with Gasteiger partial charge < -0.3 is 26.2 Å². The molecule has 1 aliphatic carbocycles. The van der Waals surface area contributed by atoms with Gasteiger partial charge in [-0.05, 0) is 55.1 Å². The second-order valence-corrected chi connectivity index (χ2v) is 16.2. The molecule has 53 heavy (non-hydrogen) atoms. The molecule has 3 aliphatic rings. The average molecular weight is 735 g/mol. The SMILES string of the molecule is C=CCNC(=O)C(=O)C(CCCC)NC(=O)[C@@H]1[C@@H](C(C)C)CCN1C(=O)[C@@H](NC(=O)NC1(CN2C(=O)c3ccccc3C2=O)CCCCC1)C(C)(C)C. The maximum Gasteiger partial charge on any atom is 0.315 e. The number of nitrogens with one attached hydrogen (secondary N) is 4. The number of fused-ring (bicyclic) bond motifs is 1. The van der Waals surface area contributed by atoms with E-state index in [1.807, 2.05) is 41.5 Å². The minimum Gasteiger partial charge on any atom is -0.346 e. The maximum atomic E-state index is 14.6. The number of nitrogens with zero attached hydrogens (tertiary/aromatic N) is 2. The topological polar surface area (TPSA) is 174 Å². The Morgan fingerprint density at radius 3 is 2.15 bits per heavy atom. The van der Waals surface area contributed by atoms with Crippen molar-refractivity contribution in [3.05, 3.63) is 48.0 Å². The lowest BCUT2D eigenvalue weighted by Gasteiger charge is -2.41. The summed E-state index contributed by atoms with van der Waals surface area (Å²) in [6.07, 6.45) is 7.27. The normalized spacial score (nSPS) is 20.7. The number of unbranched alkanes of at least 4 members (excludes halogenated alkanes) is 1. The number of carbonyl (C=O) groups is 7. The lowest BCUT2D eigenvalue weighted by atomic mass is 9.81. The zero-order chi connectivity index (χ0) is 39.1. The molecular weight excluding hydrogens is 676 g/mol. The van der Waals surface area contributed by atoms with E-state index in [0.29, 0.717) is 36.8 Å². The van der Waals surface area contributed by atoms with Crippen LogP contribution < -0.4 is 21.3 Å². The van der Waals surface area contributed by atoms with Gasteiger partial charge in [0, 0.05) is 13.1 Å². The first kappa shape index (κ1) is 41.2. The summed E-state index contributed by atoms with van der Waals surface area (Å²) in [6, 6.07) is 3.04. The second-order valence-electron chi connectivity index (χ2n) is 16.2. The van der Waals surface area contributed by atoms with Crippen LogP contribution in [-0.4, -0.2) is 94.4 Å². The number of carbonyl (C=O) groups excluding carboxylic acids is 7. The minimum atomic E-state index is -1.06. The molecule has 7 amide bonds. The Bertz CT molecular complexity index is 1540. The number of benzene rings is 1. The molecule has 0 bridgehead atoms. The van der Waals surface area contributed by atoms with Crippen molar-refractivity contribution in [3.8, 4) is 0 Å². The highest BCUT2D eigenvalue weighted by Crippen LogP contribution is 2.35. The third-order valence-electron chi connectivity index (χ3n) is 10.9. The highest BCUT2D eigenvalue weighted by atomic mass is 16.2. The van der Waals surface area contributed by atoms with E-state index in [1.165, 1.54) is 15.9 Å². The first-order chi connectivity index (χ1) is 25.0. The van der Waals surface area contributed by atoms with Gasteiger partial charge in [0.15, 0.2) is 0 Å². The van der Waals surface area contributed by atoms with Gasteiger partial charge in [-0.3, -0.25) is 33.7 Å². The van der Waals surface area contributed by atoms with Crippen LogP contribution in [0, 0.1) is 17.3 Å². The third kappa shape index (κ3) is 9.52. The zero-order valence-electron chi connectivity index (χ0n) is 32.2. The summed E-state index contributed by atoms with van der Waals surface area (Å²) in [4.78, 5) is 97.7. The molecule has 4 atom stereocenters. The predicted molar refractivity (Wildman–Crippen MR) is 201 cm³/mol. The number of urea groups is 1. The third-order valence-corrected chi connectivity index (χ3v) is 10.9. The van der Waals surface area contributed by atoms with Crippen LogP contribution in [0.15, 0.2) is 36.9 Å². The Balaban J connectivity index is 1.55. The van der Waals surface area contributed by atoms with Crippen molar-refractivity contribution in [2.45, 2.75) is 123 Å². The Morgan fingerprint density at radius 2 is 1.60 bits per heavy atom. The summed E-state index contributed by atoms with van der Waals surface area (Å²) in [7, 11) is 0. The molecule has 2 heterocycles. The molecule has 0 radical (unpaired) electrons. The summed E-state index contributed by atoms with van der Waals surface area (Å²) >= 11 is 0. The smallest absolute Gasteiger partial charge is 0.315 e. The molecule has 290 valence electrons. The quantitative estimate of drug-likeness (QED) is 0.119. The van der Waals surface area contributed by atoms with Crippen LogP contribution in [0.3, 0.4) is 0 Å². The molecule has 0 spiro atoms. The average Bonchev–Trinajstić information content (AvgIpc) is 3.67. The van der Waals surface area contributed by atoms with Gasteiger partial charge >= 0.3 is 6.03 Å². The predicted octanol–water partition coefficient (Wildman–Crippen LogP) is 4.12. The van der Waals surface area contributed by atoms with Crippen molar-refractivity contribution in [1.82, 2.24) is 31.1 Å². The summed E-state index contributed by atoms with van der Waals surface area (Å²) in [5.41, 5.74) is -0.992. The summed E-state index contributed by atoms with van der Waals surface area (Å²) in [6.45, 7) is 15.3. The van der Waals surface area contributed by atoms with Gasteiger partial charge in [0.05, 0.1) is 29.3 Å². The van der Waals surface area contributed by atoms with Gasteiger partial charge in [-0.15, -0.1) is 6.58 Å². The first-order valence-corrected chi connectivity index (χ1v) is 19.1. The molecule has 4 N–H and O–H groups in total. The number of rotatable bonds is 15. The van der Waals surface area contributed by atoms with Crippen molar-refractivity contribution in [1.29, 1.82) is 0 Å². The fraction of sp³-hybridized carbons (Fsp3) is 0.625. The number of hydrogen-bond donors (Lipinski definition) is 4. The minimum absolute atomic E-state index is 0.00880. The van der Waals surface area contributed by atoms with Crippen LogP contribution in [-0.2, 0) is 19.2 Å². The number of Topliss-reactive ketones (excluding diaryl/α,β-unsaturated/α-hetero) is 1. The van der Waals surface area contributed by atoms with E-state index in [4.69, 9.17) is 0 Å². The fourth-order valence-electron chi connectivity index (χ4n) is 7.90. The monoisotopic (exact) mass is 734 g/mol. The Morgan fingerprint density at radius 1 is 0.981 bits per heavy atom. The number of amides is 7. The van der Waals surface area contributed by atoms with Crippen molar-refractivity contribution >= 4 is 41.4 Å². The second kappa shape index (κ2) is 17.5. The molecule has 1 aromatic carbocycles. The van der Waals surface area contributed by atoms with Gasteiger partial charge in [0.1, 0.15) is 12.1 Å². The van der Waals surface area contributed by atoms with E-state index in [1.54, 1.807) is 24.3 Å². The van der Waals surface area contributed by atoms with E-state index in [0.717, 1.165) is 25.7 Å². The molecule has 1 saturated heterocycles. The molecule has 1 unspecified atom stereocenters. The molecule has 13 nitrogen and oxygen atoms in total. The van der Waals surface area contributed by atoms with Crippen LogP contribution in [0.1, 0.15) is 120 Å². The molecule has 4 rings (SSSR count). The number of ketones is 1. The first-order valence-electron chi connectivity index (χ1n) is 19.1. The van der Waals surface area contributed by atoms with Crippen LogP contribution in [0.2, 0.25) is 0 Å². The highest BCUT2D eigenvalue weighted by Gasteiger charge is 2.49. The van der Waals surface area contributed by atoms with Gasteiger partial charge in [0.2, 0.25) is 17.6 Å². The van der Waals surface area contributed by atoms with Gasteiger partial charge in [-0.25, -0.2) is 4.79 Å². The molecule has 1 aromatic rings. The Labute approximate surface area is 313 Å². The summed E-state index contributed by atoms with van der Waals surface area (Å²) in [5.74, 6) is -3.52. The molecular formula is C40H58N6O7. The van der Waals surface area contributed by atoms with Crippen molar-refractivity contribution < 1.29 is 33.6 Å². The Hall–Kier alpha value is -4.55. The largest absolute Gasteiger partial charge is 0.346 e. The molecule has 13 heteroatoms. The lowest BCUT2D eigenvalue weighted by Crippen LogP contribution is -2.64. The lowest BCUT2D eigenvalue weighted by molar-refractivity contribution is -0.144. The van der Waals surface area contributed by atoms with E-state index < -0.39 is 70.4 Å². The van der Waals surface area contributed by atoms with Crippen LogP contribution in [0.5, 0.6) is 0 Å². The number of hydrogen-bond acceptors (Lipinski definition) is 7. The maximum absolute atomic E-state index is 14.6. The van der Waals surface area contributed by atoms with Crippen LogP contribution >= 0.6 is 0 Å². The van der Waals surface area contributed by atoms with Gasteiger partial charge in [-0.2, -0.15) is 0 Å². The zero-order valence-corrected chi connectivity index (χ0v) is 32.2. The van der Waals surface area contributed by atoms with Crippen molar-refractivity contribution in [2.24, 2.45) is 17.3 Å². The number of likely N-dealkylation sites (tertiary alicyclic amines) is 1. The van der Waals surface area contributed by atoms with E-state index >= 15 is 0 Å². The highest BCUT2D eigenvalue weighted by molar-refractivity contribution is 6.38. The van der Waals surface area contributed by atoms with Crippen molar-refractivity contribution in [2.75, 3.05) is 19.6 Å². The van der Waals surface area contributed by atoms with Crippen LogP contribution in [0.4, 0.5) is 4.79 Å². The van der Waals surface area contributed by atoms with E-state index in [-0.39, 0.29) is 37.9 Å². The molecule has 0 aromatic heterocycles. The summed E-state index contributed by atoms with van der Waals surface area (Å²) in [5, 5.41) is 11.3. The standard InChI is InChI=1S/C40H58N6O7/c1-8-10-18-29(31(47)34(49)41-22-9-2)42-33(48)30-26(25(3)4)19-23-45(30)37(52)32(39(5,6)7)43-38(53)44-40(20-14-11-15-21-40)24-46-35(50)27-16-12-13-17-28(27)36(46)51/h9,12-13,16-17,25-26,29-30,32H,2,8,10-11,14-15,18-24H2,1,3-7H3,(H,41,49)(H,42,48)(H2,43,44,53)/t26-,29?,30+,32-/m1/s1. The molecule has 2 aliphatic heterocycles. The van der Waals surface area contributed by atoms with Crippen molar-refractivity contribution in [3.63, 3.8) is 0 Å². The molecule has 2 fully saturated rings. The van der Waals surface area contributed by atoms with Gasteiger partial charge in [-0.1, -0.05) is 91.9 Å². The van der Waals surface area contributed by atoms with E-state index in [2.05, 4.69) is 27.8 Å².